The highest BCUT2D eigenvalue weighted by Gasteiger charge is 2.27. The third-order valence-corrected chi connectivity index (χ3v) is 4.08. The second-order valence-corrected chi connectivity index (χ2v) is 5.79. The molecule has 0 spiro atoms. The number of hydrogen-bond acceptors (Lipinski definition) is 5. The standard InChI is InChI=1S/C20H14N2O4/c1-11-16(19(24)22-20(25)17(11)10-21)9-15-7-8-18(26-15)14-5-3-13(4-6-14)12(2)23/h3-9H,1-2H3,(H,22,24,25)/b16-9-. The zero-order valence-corrected chi connectivity index (χ0v) is 14.1. The molecule has 128 valence electrons. The summed E-state index contributed by atoms with van der Waals surface area (Å²) in [4.78, 5) is 35.0. The van der Waals surface area contributed by atoms with Crippen LogP contribution in [0.2, 0.25) is 0 Å². The fourth-order valence-corrected chi connectivity index (χ4v) is 2.61. The van der Waals surface area contributed by atoms with Gasteiger partial charge in [0.05, 0.1) is 0 Å². The predicted octanol–water partition coefficient (Wildman–Crippen LogP) is 3.03. The number of ketones is 1. The first-order chi connectivity index (χ1) is 12.4. The lowest BCUT2D eigenvalue weighted by Crippen LogP contribution is -2.37. The van der Waals surface area contributed by atoms with Crippen molar-refractivity contribution in [3.63, 3.8) is 0 Å². The molecule has 0 saturated carbocycles. The maximum atomic E-state index is 12.0. The number of imide groups is 1. The molecule has 0 aliphatic carbocycles. The van der Waals surface area contributed by atoms with E-state index in [2.05, 4.69) is 5.32 Å². The molecular formula is C20H14N2O4. The summed E-state index contributed by atoms with van der Waals surface area (Å²) in [5.41, 5.74) is 1.81. The van der Waals surface area contributed by atoms with Crippen LogP contribution >= 0.6 is 0 Å². The van der Waals surface area contributed by atoms with E-state index in [0.29, 0.717) is 22.7 Å². The highest BCUT2D eigenvalue weighted by Crippen LogP contribution is 2.26. The van der Waals surface area contributed by atoms with Gasteiger partial charge in [0.25, 0.3) is 11.8 Å². The highest BCUT2D eigenvalue weighted by molar-refractivity contribution is 6.19. The molecule has 1 aliphatic rings. The van der Waals surface area contributed by atoms with E-state index in [4.69, 9.17) is 9.68 Å². The molecule has 1 aromatic heterocycles. The van der Waals surface area contributed by atoms with Gasteiger partial charge in [-0.25, -0.2) is 0 Å². The summed E-state index contributed by atoms with van der Waals surface area (Å²) in [6.45, 7) is 3.04. The summed E-state index contributed by atoms with van der Waals surface area (Å²) in [5, 5.41) is 11.2. The number of rotatable bonds is 3. The lowest BCUT2D eigenvalue weighted by atomic mass is 9.96. The molecule has 0 unspecified atom stereocenters. The number of carbonyl (C=O) groups is 3. The van der Waals surface area contributed by atoms with Crippen molar-refractivity contribution in [1.82, 2.24) is 5.32 Å². The number of carbonyl (C=O) groups excluding carboxylic acids is 3. The maximum absolute atomic E-state index is 12.0. The molecule has 0 radical (unpaired) electrons. The van der Waals surface area contributed by atoms with E-state index in [1.807, 2.05) is 0 Å². The Morgan fingerprint density at radius 2 is 1.81 bits per heavy atom. The van der Waals surface area contributed by atoms with Gasteiger partial charge in [-0.1, -0.05) is 24.3 Å². The molecule has 2 amide bonds. The first-order valence-corrected chi connectivity index (χ1v) is 7.80. The Kier molecular flexibility index (Phi) is 4.38. The van der Waals surface area contributed by atoms with Crippen LogP contribution in [-0.4, -0.2) is 17.6 Å². The molecular weight excluding hydrogens is 332 g/mol. The van der Waals surface area contributed by atoms with Crippen LogP contribution in [0.5, 0.6) is 0 Å². The van der Waals surface area contributed by atoms with Crippen molar-refractivity contribution in [2.75, 3.05) is 0 Å². The molecule has 0 fully saturated rings. The number of nitrogens with one attached hydrogen (secondary N) is 1. The zero-order valence-electron chi connectivity index (χ0n) is 14.1. The fourth-order valence-electron chi connectivity index (χ4n) is 2.61. The lowest BCUT2D eigenvalue weighted by molar-refractivity contribution is -0.126. The summed E-state index contributed by atoms with van der Waals surface area (Å²) < 4.78 is 5.73. The van der Waals surface area contributed by atoms with Crippen molar-refractivity contribution in [1.29, 1.82) is 5.26 Å². The number of benzene rings is 1. The highest BCUT2D eigenvalue weighted by atomic mass is 16.3. The first kappa shape index (κ1) is 17.1. The Morgan fingerprint density at radius 1 is 1.12 bits per heavy atom. The van der Waals surface area contributed by atoms with E-state index in [1.165, 1.54) is 13.0 Å². The van der Waals surface area contributed by atoms with Gasteiger partial charge in [-0.15, -0.1) is 0 Å². The lowest BCUT2D eigenvalue weighted by Gasteiger charge is -2.15. The van der Waals surface area contributed by atoms with Crippen molar-refractivity contribution in [2.24, 2.45) is 0 Å². The summed E-state index contributed by atoms with van der Waals surface area (Å²) in [5.74, 6) is -0.309. The summed E-state index contributed by atoms with van der Waals surface area (Å²) >= 11 is 0. The van der Waals surface area contributed by atoms with Crippen LogP contribution in [0.4, 0.5) is 0 Å². The molecule has 6 nitrogen and oxygen atoms in total. The number of Topliss-reactive ketones (excluding diaryl/α,β-unsaturated/α-hetero) is 1. The van der Waals surface area contributed by atoms with Crippen LogP contribution in [-0.2, 0) is 9.59 Å². The molecule has 26 heavy (non-hydrogen) atoms. The average molecular weight is 346 g/mol. The van der Waals surface area contributed by atoms with Gasteiger partial charge in [0.2, 0.25) is 0 Å². The number of nitrogens with zero attached hydrogens (tertiary/aromatic N) is 1. The van der Waals surface area contributed by atoms with Gasteiger partial charge in [0.15, 0.2) is 5.78 Å². The van der Waals surface area contributed by atoms with Crippen molar-refractivity contribution in [3.05, 3.63) is 64.4 Å². The van der Waals surface area contributed by atoms with E-state index in [9.17, 15) is 14.4 Å². The molecule has 2 heterocycles. The van der Waals surface area contributed by atoms with Crippen LogP contribution < -0.4 is 5.32 Å². The minimum Gasteiger partial charge on any atom is -0.457 e. The average Bonchev–Trinajstić information content (AvgIpc) is 3.07. The Bertz CT molecular complexity index is 1030. The number of hydrogen-bond donors (Lipinski definition) is 1. The number of amides is 2. The third-order valence-electron chi connectivity index (χ3n) is 4.08. The van der Waals surface area contributed by atoms with Gasteiger partial charge < -0.3 is 4.42 Å². The van der Waals surface area contributed by atoms with Gasteiger partial charge in [-0.3, -0.25) is 19.7 Å². The molecule has 2 aromatic rings. The molecule has 0 saturated heterocycles. The molecule has 0 atom stereocenters. The van der Waals surface area contributed by atoms with Crippen LogP contribution in [0.25, 0.3) is 17.4 Å². The molecule has 0 bridgehead atoms. The van der Waals surface area contributed by atoms with E-state index < -0.39 is 11.8 Å². The minimum atomic E-state index is -0.696. The smallest absolute Gasteiger partial charge is 0.269 e. The number of nitriles is 1. The van der Waals surface area contributed by atoms with E-state index in [1.54, 1.807) is 49.4 Å². The van der Waals surface area contributed by atoms with Gasteiger partial charge in [0, 0.05) is 16.7 Å². The van der Waals surface area contributed by atoms with Crippen LogP contribution in [0.3, 0.4) is 0 Å². The van der Waals surface area contributed by atoms with Crippen LogP contribution in [0.15, 0.2) is 57.5 Å². The fraction of sp³-hybridized carbons (Fsp3) is 0.100. The summed E-state index contributed by atoms with van der Waals surface area (Å²) in [7, 11) is 0. The van der Waals surface area contributed by atoms with E-state index in [0.717, 1.165) is 5.56 Å². The third kappa shape index (κ3) is 3.10. The monoisotopic (exact) mass is 346 g/mol. The van der Waals surface area contributed by atoms with Gasteiger partial charge in [0.1, 0.15) is 23.2 Å². The zero-order chi connectivity index (χ0) is 18.8. The van der Waals surface area contributed by atoms with Crippen LogP contribution in [0, 0.1) is 11.3 Å². The summed E-state index contributed by atoms with van der Waals surface area (Å²) in [6.07, 6.45) is 1.49. The van der Waals surface area contributed by atoms with Gasteiger partial charge in [-0.2, -0.15) is 5.26 Å². The Hall–Kier alpha value is -3.72. The molecule has 3 rings (SSSR count). The van der Waals surface area contributed by atoms with Crippen molar-refractivity contribution >= 4 is 23.7 Å². The minimum absolute atomic E-state index is 0.0187. The number of furan rings is 1. The Balaban J connectivity index is 1.95. The van der Waals surface area contributed by atoms with Crippen molar-refractivity contribution in [2.45, 2.75) is 13.8 Å². The normalized spacial score (nSPS) is 15.8. The van der Waals surface area contributed by atoms with Gasteiger partial charge >= 0.3 is 0 Å². The van der Waals surface area contributed by atoms with Crippen molar-refractivity contribution < 1.29 is 18.8 Å². The second kappa shape index (κ2) is 6.65. The molecule has 1 aliphatic heterocycles. The summed E-state index contributed by atoms with van der Waals surface area (Å²) in [6, 6.07) is 12.2. The maximum Gasteiger partial charge on any atom is 0.269 e. The largest absolute Gasteiger partial charge is 0.457 e. The van der Waals surface area contributed by atoms with Crippen molar-refractivity contribution in [3.8, 4) is 17.4 Å². The second-order valence-electron chi connectivity index (χ2n) is 5.79. The molecule has 1 N–H and O–H groups in total. The van der Waals surface area contributed by atoms with Crippen LogP contribution in [0.1, 0.15) is 30.0 Å². The quantitative estimate of drug-likeness (QED) is 0.523. The van der Waals surface area contributed by atoms with Gasteiger partial charge in [-0.05, 0) is 37.6 Å². The molecule has 6 heteroatoms. The predicted molar refractivity (Wildman–Crippen MR) is 93.6 cm³/mol. The Morgan fingerprint density at radius 3 is 2.42 bits per heavy atom. The van der Waals surface area contributed by atoms with E-state index >= 15 is 0 Å². The Labute approximate surface area is 149 Å². The van der Waals surface area contributed by atoms with E-state index in [-0.39, 0.29) is 16.9 Å². The SMILES string of the molecule is CC(=O)c1ccc(-c2ccc(/C=C3\C(=O)NC(=O)C(C#N)=C3C)o2)cc1. The topological polar surface area (TPSA) is 100 Å². The molecule has 1 aromatic carbocycles. The first-order valence-electron chi connectivity index (χ1n) is 7.80.